The third-order valence-electron chi connectivity index (χ3n) is 3.33. The van der Waals surface area contributed by atoms with E-state index in [1.54, 1.807) is 36.4 Å². The van der Waals surface area contributed by atoms with E-state index in [2.05, 4.69) is 5.32 Å². The Bertz CT molecular complexity index is 802. The molecule has 0 aliphatic heterocycles. The van der Waals surface area contributed by atoms with Crippen LogP contribution in [0.1, 0.15) is 11.1 Å². The molecule has 0 spiro atoms. The summed E-state index contributed by atoms with van der Waals surface area (Å²) in [6.45, 7) is 1.50. The average Bonchev–Trinajstić information content (AvgIpc) is 2.61. The number of amides is 1. The van der Waals surface area contributed by atoms with Crippen LogP contribution in [0.5, 0.6) is 5.75 Å². The van der Waals surface area contributed by atoms with E-state index in [9.17, 15) is 9.59 Å². The number of methoxy groups -OCH3 is 1. The summed E-state index contributed by atoms with van der Waals surface area (Å²) in [4.78, 5) is 23.6. The quantitative estimate of drug-likeness (QED) is 0.628. The first-order valence-electron chi connectivity index (χ1n) is 7.53. The fourth-order valence-corrected chi connectivity index (χ4v) is 2.19. The lowest BCUT2D eigenvalue weighted by Gasteiger charge is -2.09. The summed E-state index contributed by atoms with van der Waals surface area (Å²) in [5.74, 6) is -0.546. The summed E-state index contributed by atoms with van der Waals surface area (Å²) in [6.07, 6.45) is 2.82. The Labute approximate surface area is 151 Å². The van der Waals surface area contributed by atoms with Crippen molar-refractivity contribution >= 4 is 35.2 Å². The third kappa shape index (κ3) is 5.65. The smallest absolute Gasteiger partial charge is 0.331 e. The Morgan fingerprint density at radius 2 is 1.96 bits per heavy atom. The van der Waals surface area contributed by atoms with Gasteiger partial charge in [0.25, 0.3) is 5.91 Å². The van der Waals surface area contributed by atoms with Crippen LogP contribution in [-0.4, -0.2) is 25.6 Å². The van der Waals surface area contributed by atoms with Crippen molar-refractivity contribution in [1.82, 2.24) is 0 Å². The number of halogens is 1. The van der Waals surface area contributed by atoms with Crippen molar-refractivity contribution in [2.24, 2.45) is 0 Å². The zero-order valence-electron chi connectivity index (χ0n) is 13.9. The van der Waals surface area contributed by atoms with Crippen LogP contribution in [0.3, 0.4) is 0 Å². The second kappa shape index (κ2) is 8.89. The molecule has 0 aromatic heterocycles. The Hall–Kier alpha value is -2.79. The molecule has 1 N–H and O–H groups in total. The number of hydrogen-bond acceptors (Lipinski definition) is 4. The molecular weight excluding hydrogens is 342 g/mol. The monoisotopic (exact) mass is 359 g/mol. The van der Waals surface area contributed by atoms with E-state index in [1.165, 1.54) is 13.2 Å². The number of hydrogen-bond donors (Lipinski definition) is 1. The van der Waals surface area contributed by atoms with Crippen molar-refractivity contribution in [2.45, 2.75) is 6.92 Å². The van der Waals surface area contributed by atoms with Crippen LogP contribution in [0.15, 0.2) is 48.5 Å². The van der Waals surface area contributed by atoms with Gasteiger partial charge in [0.1, 0.15) is 5.75 Å². The van der Waals surface area contributed by atoms with E-state index in [4.69, 9.17) is 21.1 Å². The zero-order chi connectivity index (χ0) is 18.2. The van der Waals surface area contributed by atoms with Gasteiger partial charge in [0.2, 0.25) is 0 Å². The van der Waals surface area contributed by atoms with E-state index in [-0.39, 0.29) is 0 Å². The topological polar surface area (TPSA) is 64.6 Å². The van der Waals surface area contributed by atoms with Gasteiger partial charge in [0, 0.05) is 11.1 Å². The molecule has 2 aromatic rings. The van der Waals surface area contributed by atoms with Gasteiger partial charge in [0.15, 0.2) is 6.61 Å². The second-order valence-electron chi connectivity index (χ2n) is 5.20. The number of esters is 1. The molecule has 0 aliphatic carbocycles. The van der Waals surface area contributed by atoms with Crippen molar-refractivity contribution < 1.29 is 19.1 Å². The van der Waals surface area contributed by atoms with E-state index in [1.807, 2.05) is 19.1 Å². The summed E-state index contributed by atoms with van der Waals surface area (Å²) < 4.78 is 10.0. The minimum Gasteiger partial charge on any atom is -0.495 e. The average molecular weight is 360 g/mol. The molecule has 0 radical (unpaired) electrons. The van der Waals surface area contributed by atoms with Crippen molar-refractivity contribution in [3.8, 4) is 5.75 Å². The maximum Gasteiger partial charge on any atom is 0.331 e. The maximum atomic E-state index is 11.9. The molecule has 0 fully saturated rings. The van der Waals surface area contributed by atoms with Gasteiger partial charge >= 0.3 is 5.97 Å². The van der Waals surface area contributed by atoms with E-state index < -0.39 is 18.5 Å². The molecule has 130 valence electrons. The lowest BCUT2D eigenvalue weighted by Crippen LogP contribution is -2.20. The van der Waals surface area contributed by atoms with Crippen LogP contribution in [-0.2, 0) is 14.3 Å². The predicted molar refractivity (Wildman–Crippen MR) is 97.8 cm³/mol. The fourth-order valence-electron chi connectivity index (χ4n) is 2.00. The van der Waals surface area contributed by atoms with Crippen molar-refractivity contribution in [3.63, 3.8) is 0 Å². The van der Waals surface area contributed by atoms with Gasteiger partial charge < -0.3 is 14.8 Å². The Morgan fingerprint density at radius 1 is 1.20 bits per heavy atom. The summed E-state index contributed by atoms with van der Waals surface area (Å²) in [5.41, 5.74) is 2.23. The highest BCUT2D eigenvalue weighted by atomic mass is 35.5. The maximum absolute atomic E-state index is 11.9. The van der Waals surface area contributed by atoms with Gasteiger partial charge in [-0.2, -0.15) is 0 Å². The highest BCUT2D eigenvalue weighted by molar-refractivity contribution is 6.31. The molecule has 0 unspecified atom stereocenters. The summed E-state index contributed by atoms with van der Waals surface area (Å²) in [6, 6.07) is 12.4. The van der Waals surface area contributed by atoms with E-state index in [0.29, 0.717) is 16.5 Å². The molecule has 0 aliphatic rings. The van der Waals surface area contributed by atoms with Gasteiger partial charge in [-0.05, 0) is 42.3 Å². The fraction of sp³-hybridized carbons (Fsp3) is 0.158. The first-order valence-corrected chi connectivity index (χ1v) is 7.91. The molecule has 6 heteroatoms. The van der Waals surface area contributed by atoms with Crippen LogP contribution in [0, 0.1) is 6.92 Å². The molecule has 0 bridgehead atoms. The number of ether oxygens (including phenoxy) is 2. The summed E-state index contributed by atoms with van der Waals surface area (Å²) in [7, 11) is 1.51. The van der Waals surface area contributed by atoms with Crippen LogP contribution in [0.4, 0.5) is 5.69 Å². The van der Waals surface area contributed by atoms with Crippen molar-refractivity contribution in [2.75, 3.05) is 19.0 Å². The summed E-state index contributed by atoms with van der Waals surface area (Å²) >= 11 is 6.02. The Balaban J connectivity index is 1.85. The lowest BCUT2D eigenvalue weighted by molar-refractivity contribution is -0.142. The number of carbonyl (C=O) groups excluding carboxylic acids is 2. The van der Waals surface area contributed by atoms with Crippen LogP contribution >= 0.6 is 11.6 Å². The van der Waals surface area contributed by atoms with Crippen molar-refractivity contribution in [3.05, 3.63) is 64.7 Å². The highest BCUT2D eigenvalue weighted by Gasteiger charge is 2.08. The molecule has 5 nitrogen and oxygen atoms in total. The van der Waals surface area contributed by atoms with Gasteiger partial charge in [-0.25, -0.2) is 4.79 Å². The number of aryl methyl sites for hydroxylation is 1. The predicted octanol–water partition coefficient (Wildman–Crippen LogP) is 3.85. The Kier molecular flexibility index (Phi) is 6.60. The Morgan fingerprint density at radius 3 is 2.68 bits per heavy atom. The van der Waals surface area contributed by atoms with Gasteiger partial charge in [-0.3, -0.25) is 4.79 Å². The normalized spacial score (nSPS) is 10.5. The van der Waals surface area contributed by atoms with Gasteiger partial charge in [-0.15, -0.1) is 0 Å². The minimum absolute atomic E-state index is 0.393. The highest BCUT2D eigenvalue weighted by Crippen LogP contribution is 2.22. The molecule has 1 amide bonds. The first-order chi connectivity index (χ1) is 12.0. The first kappa shape index (κ1) is 18.5. The van der Waals surface area contributed by atoms with Gasteiger partial charge in [0.05, 0.1) is 12.8 Å². The number of anilines is 1. The van der Waals surface area contributed by atoms with Crippen LogP contribution in [0.25, 0.3) is 6.08 Å². The number of carbonyl (C=O) groups is 2. The SMILES string of the molecule is COc1ccccc1NC(=O)COC(=O)/C=C/c1ccc(C)c(Cl)c1. The number of para-hydroxylation sites is 2. The third-order valence-corrected chi connectivity index (χ3v) is 3.74. The minimum atomic E-state index is -0.619. The van der Waals surface area contributed by atoms with Crippen LogP contribution < -0.4 is 10.1 Å². The molecule has 2 aromatic carbocycles. The second-order valence-corrected chi connectivity index (χ2v) is 5.61. The number of rotatable bonds is 6. The van der Waals surface area contributed by atoms with Crippen molar-refractivity contribution in [1.29, 1.82) is 0 Å². The van der Waals surface area contributed by atoms with E-state index in [0.717, 1.165) is 11.1 Å². The molecule has 25 heavy (non-hydrogen) atoms. The van der Waals surface area contributed by atoms with Crippen LogP contribution in [0.2, 0.25) is 5.02 Å². The van der Waals surface area contributed by atoms with E-state index >= 15 is 0 Å². The number of nitrogens with one attached hydrogen (secondary N) is 1. The molecule has 0 heterocycles. The molecule has 0 saturated carbocycles. The molecule has 0 atom stereocenters. The largest absolute Gasteiger partial charge is 0.495 e. The zero-order valence-corrected chi connectivity index (χ0v) is 14.7. The number of benzene rings is 2. The summed E-state index contributed by atoms with van der Waals surface area (Å²) in [5, 5.41) is 3.24. The standard InChI is InChI=1S/C19H18ClNO4/c1-13-7-8-14(11-15(13)20)9-10-19(23)25-12-18(22)21-16-5-3-4-6-17(16)24-2/h3-11H,12H2,1-2H3,(H,21,22)/b10-9+. The molecule has 2 rings (SSSR count). The molecular formula is C19H18ClNO4. The lowest BCUT2D eigenvalue weighted by atomic mass is 10.1. The van der Waals surface area contributed by atoms with Gasteiger partial charge in [-0.1, -0.05) is 35.9 Å². The molecule has 0 saturated heterocycles.